The molecule has 6 rings (SSSR count). The molecule has 166 valence electrons. The van der Waals surface area contributed by atoms with E-state index in [0.717, 1.165) is 48.6 Å². The molecule has 0 saturated heterocycles. The van der Waals surface area contributed by atoms with Gasteiger partial charge in [-0.2, -0.15) is 0 Å². The lowest BCUT2D eigenvalue weighted by atomic mass is 9.49. The molecule has 3 saturated carbocycles. The largest absolute Gasteiger partial charge is 0.299 e. The van der Waals surface area contributed by atoms with Crippen LogP contribution in [0.15, 0.2) is 47.5 Å². The van der Waals surface area contributed by atoms with Crippen molar-refractivity contribution in [2.24, 2.45) is 39.5 Å². The zero-order valence-electron chi connectivity index (χ0n) is 19.3. The summed E-state index contributed by atoms with van der Waals surface area (Å²) < 4.78 is 0. The second-order valence-corrected chi connectivity index (χ2v) is 11.4. The maximum atomic E-state index is 13.9. The van der Waals surface area contributed by atoms with Crippen LogP contribution < -0.4 is 0 Å². The fourth-order valence-electron chi connectivity index (χ4n) is 8.26. The van der Waals surface area contributed by atoms with Crippen LogP contribution in [0.2, 0.25) is 0 Å². The molecule has 2 aromatic carbocycles. The van der Waals surface area contributed by atoms with Gasteiger partial charge in [-0.25, -0.2) is 0 Å². The summed E-state index contributed by atoms with van der Waals surface area (Å²) >= 11 is 0. The summed E-state index contributed by atoms with van der Waals surface area (Å²) in [4.78, 5) is 31.1. The second-order valence-electron chi connectivity index (χ2n) is 11.4. The number of rotatable bonds is 2. The Morgan fingerprint density at radius 1 is 0.969 bits per heavy atom. The van der Waals surface area contributed by atoms with Gasteiger partial charge in [0, 0.05) is 42.0 Å². The fourth-order valence-corrected chi connectivity index (χ4v) is 8.26. The molecule has 2 aromatic rings. The summed E-state index contributed by atoms with van der Waals surface area (Å²) in [5, 5.41) is 2.24. The summed E-state index contributed by atoms with van der Waals surface area (Å²) in [7, 11) is 0. The fraction of sp³-hybridized carbons (Fsp3) is 0.552. The first-order valence-electron chi connectivity index (χ1n) is 12.5. The van der Waals surface area contributed by atoms with Gasteiger partial charge in [0.1, 0.15) is 5.78 Å². The van der Waals surface area contributed by atoms with Gasteiger partial charge in [-0.1, -0.05) is 56.3 Å². The van der Waals surface area contributed by atoms with Gasteiger partial charge >= 0.3 is 0 Å². The average molecular weight is 428 g/mol. The summed E-state index contributed by atoms with van der Waals surface area (Å²) in [5.41, 5.74) is 2.23. The van der Waals surface area contributed by atoms with Crippen LogP contribution in [0.4, 0.5) is 0 Å². The summed E-state index contributed by atoms with van der Waals surface area (Å²) in [6, 6.07) is 14.4. The van der Waals surface area contributed by atoms with Gasteiger partial charge in [-0.3, -0.25) is 14.6 Å². The van der Waals surface area contributed by atoms with Crippen LogP contribution in [0.5, 0.6) is 0 Å². The Kier molecular flexibility index (Phi) is 4.51. The minimum absolute atomic E-state index is 0.0586. The number of hydrogen-bond donors (Lipinski definition) is 0. The lowest BCUT2D eigenvalue weighted by Gasteiger charge is -2.56. The van der Waals surface area contributed by atoms with Crippen molar-refractivity contribution in [2.45, 2.75) is 58.8 Å². The van der Waals surface area contributed by atoms with Crippen molar-refractivity contribution in [3.8, 4) is 0 Å². The van der Waals surface area contributed by atoms with E-state index in [9.17, 15) is 9.59 Å². The molecule has 0 amide bonds. The maximum absolute atomic E-state index is 13.9. The Hall–Kier alpha value is -2.29. The molecule has 6 atom stereocenters. The number of aliphatic imine (C=N–C) groups is 1. The summed E-state index contributed by atoms with van der Waals surface area (Å²) in [6.45, 7) is 5.64. The number of benzene rings is 2. The van der Waals surface area contributed by atoms with Crippen LogP contribution in [0.3, 0.4) is 0 Å². The number of carbonyl (C=O) groups excluding carboxylic acids is 2. The van der Waals surface area contributed by atoms with Crippen LogP contribution in [0.25, 0.3) is 10.8 Å². The quantitative estimate of drug-likeness (QED) is 0.528. The van der Waals surface area contributed by atoms with Gasteiger partial charge in [0.05, 0.1) is 0 Å². The molecule has 32 heavy (non-hydrogen) atoms. The first kappa shape index (κ1) is 20.3. The van der Waals surface area contributed by atoms with E-state index in [1.165, 1.54) is 12.1 Å². The van der Waals surface area contributed by atoms with Crippen LogP contribution in [0.1, 0.15) is 69.2 Å². The van der Waals surface area contributed by atoms with Gasteiger partial charge in [-0.15, -0.1) is 0 Å². The zero-order valence-corrected chi connectivity index (χ0v) is 19.3. The highest BCUT2D eigenvalue weighted by atomic mass is 16.1. The SMILES string of the molecule is C[C@]12CCC(=O)CC1=NCC1C2CC[C@@]2(C)C1CC[C@@H]2C(=O)c1cccc2ccccc12. The zero-order chi connectivity index (χ0) is 22.1. The van der Waals surface area contributed by atoms with Crippen molar-refractivity contribution in [3.05, 3.63) is 48.0 Å². The molecule has 4 aliphatic rings. The molecule has 3 heteroatoms. The van der Waals surface area contributed by atoms with Crippen LogP contribution in [0, 0.1) is 34.5 Å². The smallest absolute Gasteiger partial charge is 0.167 e. The lowest BCUT2D eigenvalue weighted by Crippen LogP contribution is -2.54. The van der Waals surface area contributed by atoms with Gasteiger partial charge < -0.3 is 0 Å². The standard InChI is InChI=1S/C29H33NO2/c1-28-15-13-24-22(17-30-26-16-19(31)12-14-29(24,26)2)23(28)10-11-25(28)27(32)21-9-5-7-18-6-3-4-8-20(18)21/h3-9,22-25H,10-17H2,1-2H3/t22?,23?,24?,25-,28+,29-/m1/s1. The van der Waals surface area contributed by atoms with Crippen LogP contribution >= 0.6 is 0 Å². The van der Waals surface area contributed by atoms with E-state index in [0.29, 0.717) is 42.2 Å². The molecule has 3 unspecified atom stereocenters. The molecular weight excluding hydrogens is 394 g/mol. The van der Waals surface area contributed by atoms with Crippen molar-refractivity contribution in [1.82, 2.24) is 0 Å². The first-order valence-corrected chi connectivity index (χ1v) is 12.5. The van der Waals surface area contributed by atoms with E-state index in [-0.39, 0.29) is 16.7 Å². The van der Waals surface area contributed by atoms with Gasteiger partial charge in [0.2, 0.25) is 0 Å². The minimum Gasteiger partial charge on any atom is -0.299 e. The molecule has 0 N–H and O–H groups in total. The third kappa shape index (κ3) is 2.75. The molecule has 0 radical (unpaired) electrons. The number of ketones is 2. The van der Waals surface area contributed by atoms with Crippen LogP contribution in [-0.4, -0.2) is 23.8 Å². The molecule has 3 nitrogen and oxygen atoms in total. The predicted molar refractivity (Wildman–Crippen MR) is 128 cm³/mol. The van der Waals surface area contributed by atoms with Gasteiger partial charge in [0.15, 0.2) is 5.78 Å². The highest BCUT2D eigenvalue weighted by Gasteiger charge is 2.60. The molecule has 3 fully saturated rings. The molecule has 1 aliphatic heterocycles. The third-order valence-corrected chi connectivity index (χ3v) is 10.1. The Bertz CT molecular complexity index is 1140. The molecule has 1 heterocycles. The Morgan fingerprint density at radius 3 is 2.66 bits per heavy atom. The van der Waals surface area contributed by atoms with E-state index in [4.69, 9.17) is 4.99 Å². The number of nitrogens with zero attached hydrogens (tertiary/aromatic N) is 1. The van der Waals surface area contributed by atoms with Crippen molar-refractivity contribution in [1.29, 1.82) is 0 Å². The van der Waals surface area contributed by atoms with Crippen molar-refractivity contribution < 1.29 is 9.59 Å². The second kappa shape index (κ2) is 7.10. The minimum atomic E-state index is 0.0586. The number of Topliss-reactive ketones (excluding diaryl/α,β-unsaturated/α-hetero) is 2. The molecular formula is C29H33NO2. The maximum Gasteiger partial charge on any atom is 0.167 e. The van der Waals surface area contributed by atoms with Crippen molar-refractivity contribution in [3.63, 3.8) is 0 Å². The Labute approximate surface area is 190 Å². The topological polar surface area (TPSA) is 46.5 Å². The van der Waals surface area contributed by atoms with E-state index >= 15 is 0 Å². The monoisotopic (exact) mass is 427 g/mol. The average Bonchev–Trinajstić information content (AvgIpc) is 3.16. The van der Waals surface area contributed by atoms with E-state index in [1.807, 2.05) is 24.3 Å². The molecule has 0 bridgehead atoms. The van der Waals surface area contributed by atoms with Crippen molar-refractivity contribution >= 4 is 28.1 Å². The lowest BCUT2D eigenvalue weighted by molar-refractivity contribution is -0.120. The van der Waals surface area contributed by atoms with Crippen LogP contribution in [-0.2, 0) is 4.79 Å². The summed E-state index contributed by atoms with van der Waals surface area (Å²) in [6.07, 6.45) is 6.68. The Balaban J connectivity index is 1.33. The number of fused-ring (bicyclic) bond motifs is 6. The van der Waals surface area contributed by atoms with Gasteiger partial charge in [-0.05, 0) is 66.0 Å². The highest BCUT2D eigenvalue weighted by Crippen LogP contribution is 2.64. The molecule has 0 aromatic heterocycles. The van der Waals surface area contributed by atoms with E-state index in [1.54, 1.807) is 0 Å². The van der Waals surface area contributed by atoms with Gasteiger partial charge in [0.25, 0.3) is 0 Å². The predicted octanol–water partition coefficient (Wildman–Crippen LogP) is 6.30. The van der Waals surface area contributed by atoms with E-state index < -0.39 is 0 Å². The van der Waals surface area contributed by atoms with Crippen molar-refractivity contribution in [2.75, 3.05) is 6.54 Å². The van der Waals surface area contributed by atoms with E-state index in [2.05, 4.69) is 32.0 Å². The summed E-state index contributed by atoms with van der Waals surface area (Å²) in [5.74, 6) is 2.55. The number of hydrogen-bond acceptors (Lipinski definition) is 3. The first-order chi connectivity index (χ1) is 15.4. The third-order valence-electron chi connectivity index (χ3n) is 10.1. The number of carbonyl (C=O) groups is 2. The molecule has 0 spiro atoms. The normalized spacial score (nSPS) is 38.6. The highest BCUT2D eigenvalue weighted by molar-refractivity contribution is 6.09. The Morgan fingerprint density at radius 2 is 1.78 bits per heavy atom. The molecule has 3 aliphatic carbocycles.